The zero-order valence-electron chi connectivity index (χ0n) is 15.1. The predicted molar refractivity (Wildman–Crippen MR) is 94.8 cm³/mol. The Morgan fingerprint density at radius 2 is 2.12 bits per heavy atom. The molecule has 2 fully saturated rings. The van der Waals surface area contributed by atoms with E-state index in [9.17, 15) is 4.79 Å². The van der Waals surface area contributed by atoms with Gasteiger partial charge in [-0.1, -0.05) is 28.9 Å². The van der Waals surface area contributed by atoms with E-state index in [1.54, 1.807) is 0 Å². The molecule has 132 valence electrons. The van der Waals surface area contributed by atoms with Gasteiger partial charge in [0.25, 0.3) is 0 Å². The minimum Gasteiger partial charge on any atom is -0.346 e. The molecule has 1 aromatic heterocycles. The number of benzene rings is 1. The van der Waals surface area contributed by atoms with Gasteiger partial charge in [0.2, 0.25) is 17.6 Å². The van der Waals surface area contributed by atoms with Crippen molar-refractivity contribution in [1.82, 2.24) is 15.0 Å². The third-order valence-electron chi connectivity index (χ3n) is 6.06. The van der Waals surface area contributed by atoms with Gasteiger partial charge in [0.05, 0.1) is 11.8 Å². The molecular weight excluding hydrogens is 314 g/mol. The second kappa shape index (κ2) is 6.28. The van der Waals surface area contributed by atoms with Crippen molar-refractivity contribution in [2.75, 3.05) is 13.6 Å². The summed E-state index contributed by atoms with van der Waals surface area (Å²) >= 11 is 0. The number of aromatic nitrogens is 2. The van der Waals surface area contributed by atoms with Crippen molar-refractivity contribution in [3.8, 4) is 11.4 Å². The van der Waals surface area contributed by atoms with Crippen molar-refractivity contribution in [3.05, 3.63) is 35.7 Å². The van der Waals surface area contributed by atoms with Gasteiger partial charge in [-0.2, -0.15) is 4.98 Å². The average Bonchev–Trinajstić information content (AvgIpc) is 3.35. The van der Waals surface area contributed by atoms with Gasteiger partial charge in [-0.3, -0.25) is 4.79 Å². The van der Waals surface area contributed by atoms with Crippen LogP contribution in [0.4, 0.5) is 0 Å². The van der Waals surface area contributed by atoms with E-state index >= 15 is 0 Å². The molecule has 25 heavy (non-hydrogen) atoms. The highest BCUT2D eigenvalue weighted by Crippen LogP contribution is 2.56. The maximum absolute atomic E-state index is 12.9. The fraction of sp³-hybridized carbons (Fsp3) is 0.550. The number of rotatable bonds is 4. The molecule has 0 unspecified atom stereocenters. The van der Waals surface area contributed by atoms with Crippen molar-refractivity contribution < 1.29 is 9.32 Å². The summed E-state index contributed by atoms with van der Waals surface area (Å²) in [7, 11) is 1.89. The first-order valence-electron chi connectivity index (χ1n) is 9.24. The number of carbonyl (C=O) groups excluding carboxylic acids is 1. The predicted octanol–water partition coefficient (Wildman–Crippen LogP) is 3.65. The van der Waals surface area contributed by atoms with Crippen LogP contribution in [0.2, 0.25) is 0 Å². The highest BCUT2D eigenvalue weighted by atomic mass is 16.5. The summed E-state index contributed by atoms with van der Waals surface area (Å²) in [5, 5.41) is 4.20. The molecule has 2 aromatic rings. The number of aryl methyl sites for hydroxylation is 1. The summed E-state index contributed by atoms with van der Waals surface area (Å²) in [4.78, 5) is 19.4. The molecule has 2 aliphatic rings. The van der Waals surface area contributed by atoms with E-state index in [2.05, 4.69) is 24.2 Å². The number of fused-ring (bicyclic) bond motifs is 2. The lowest BCUT2D eigenvalue weighted by Crippen LogP contribution is -2.38. The highest BCUT2D eigenvalue weighted by molar-refractivity contribution is 5.80. The van der Waals surface area contributed by atoms with Crippen LogP contribution in [-0.4, -0.2) is 34.5 Å². The summed E-state index contributed by atoms with van der Waals surface area (Å²) in [5.74, 6) is 2.53. The van der Waals surface area contributed by atoms with Crippen LogP contribution in [0.25, 0.3) is 11.4 Å². The molecule has 0 spiro atoms. The van der Waals surface area contributed by atoms with Crippen LogP contribution in [0.15, 0.2) is 28.8 Å². The number of hydrogen-bond donors (Lipinski definition) is 0. The maximum Gasteiger partial charge on any atom is 0.231 e. The Kier molecular flexibility index (Phi) is 4.10. The zero-order chi connectivity index (χ0) is 17.6. The minimum absolute atomic E-state index is 0.00508. The monoisotopic (exact) mass is 339 g/mol. The maximum atomic E-state index is 12.9. The zero-order valence-corrected chi connectivity index (χ0v) is 15.1. The van der Waals surface area contributed by atoms with Crippen molar-refractivity contribution in [2.24, 2.45) is 17.8 Å². The summed E-state index contributed by atoms with van der Waals surface area (Å²) in [6, 6.07) is 8.11. The second-order valence-corrected chi connectivity index (χ2v) is 7.56. The molecule has 1 aromatic carbocycles. The van der Waals surface area contributed by atoms with Crippen molar-refractivity contribution >= 4 is 5.91 Å². The first-order chi connectivity index (χ1) is 12.1. The summed E-state index contributed by atoms with van der Waals surface area (Å²) in [6.45, 7) is 4.80. The molecule has 2 bridgehead atoms. The third-order valence-corrected chi connectivity index (χ3v) is 6.06. The summed E-state index contributed by atoms with van der Waals surface area (Å²) in [5.41, 5.74) is 2.13. The fourth-order valence-electron chi connectivity index (χ4n) is 4.68. The average molecular weight is 339 g/mol. The first kappa shape index (κ1) is 16.3. The molecule has 4 atom stereocenters. The van der Waals surface area contributed by atoms with Gasteiger partial charge < -0.3 is 9.42 Å². The molecule has 2 saturated carbocycles. The summed E-state index contributed by atoms with van der Waals surface area (Å²) in [6.07, 6.45) is 3.42. The minimum atomic E-state index is -0.00508. The smallest absolute Gasteiger partial charge is 0.231 e. The second-order valence-electron chi connectivity index (χ2n) is 7.56. The normalized spacial score (nSPS) is 27.6. The lowest BCUT2D eigenvalue weighted by Gasteiger charge is -2.30. The van der Waals surface area contributed by atoms with E-state index in [1.807, 2.05) is 31.0 Å². The Labute approximate surface area is 148 Å². The Balaban J connectivity index is 1.65. The van der Waals surface area contributed by atoms with Gasteiger partial charge in [0.15, 0.2) is 0 Å². The molecule has 0 N–H and O–H groups in total. The van der Waals surface area contributed by atoms with E-state index in [0.717, 1.165) is 31.4 Å². The van der Waals surface area contributed by atoms with Crippen LogP contribution in [0.5, 0.6) is 0 Å². The number of carbonyl (C=O) groups is 1. The number of hydrogen-bond acceptors (Lipinski definition) is 4. The highest BCUT2D eigenvalue weighted by Gasteiger charge is 2.54. The molecule has 5 nitrogen and oxygen atoms in total. The SMILES string of the molecule is CCN(C)C(=O)[C@H]1[C@H]2CC[C@H](C2)[C@@H]1c1nc(-c2cccc(C)c2)no1. The Hall–Kier alpha value is -2.17. The van der Waals surface area contributed by atoms with Gasteiger partial charge in [0.1, 0.15) is 0 Å². The first-order valence-corrected chi connectivity index (χ1v) is 9.24. The Bertz CT molecular complexity index is 785. The molecule has 2 aliphatic carbocycles. The van der Waals surface area contributed by atoms with Gasteiger partial charge in [0, 0.05) is 19.2 Å². The molecule has 1 heterocycles. The van der Waals surface area contributed by atoms with Crippen molar-refractivity contribution in [3.63, 3.8) is 0 Å². The van der Waals surface area contributed by atoms with Crippen LogP contribution in [0, 0.1) is 24.7 Å². The summed E-state index contributed by atoms with van der Waals surface area (Å²) < 4.78 is 5.66. The third kappa shape index (κ3) is 2.75. The lowest BCUT2D eigenvalue weighted by atomic mass is 9.78. The van der Waals surface area contributed by atoms with Gasteiger partial charge in [-0.25, -0.2) is 0 Å². The van der Waals surface area contributed by atoms with E-state index in [0.29, 0.717) is 23.6 Å². The van der Waals surface area contributed by atoms with Crippen LogP contribution in [-0.2, 0) is 4.79 Å². The molecular formula is C20H25N3O2. The van der Waals surface area contributed by atoms with Crippen LogP contribution in [0.1, 0.15) is 43.6 Å². The molecule has 5 heteroatoms. The topological polar surface area (TPSA) is 59.2 Å². The number of nitrogens with zero attached hydrogens (tertiary/aromatic N) is 3. The van der Waals surface area contributed by atoms with Crippen molar-refractivity contribution in [1.29, 1.82) is 0 Å². The van der Waals surface area contributed by atoms with E-state index < -0.39 is 0 Å². The molecule has 4 rings (SSSR count). The Morgan fingerprint density at radius 1 is 1.32 bits per heavy atom. The lowest BCUT2D eigenvalue weighted by molar-refractivity contribution is -0.136. The van der Waals surface area contributed by atoms with Gasteiger partial charge in [-0.15, -0.1) is 0 Å². The van der Waals surface area contributed by atoms with Crippen LogP contribution < -0.4 is 0 Å². The van der Waals surface area contributed by atoms with Gasteiger partial charge in [-0.05, 0) is 51.0 Å². The van der Waals surface area contributed by atoms with Crippen LogP contribution in [0.3, 0.4) is 0 Å². The van der Waals surface area contributed by atoms with Crippen LogP contribution >= 0.6 is 0 Å². The quantitative estimate of drug-likeness (QED) is 0.853. The molecule has 0 aliphatic heterocycles. The van der Waals surface area contributed by atoms with E-state index in [4.69, 9.17) is 9.51 Å². The number of amides is 1. The molecule has 1 amide bonds. The fourth-order valence-corrected chi connectivity index (χ4v) is 4.68. The largest absolute Gasteiger partial charge is 0.346 e. The standard InChI is InChI=1S/C20H25N3O2/c1-4-23(3)20(24)17-14-9-8-13(11-14)16(17)19-21-18(22-25-19)15-7-5-6-12(2)10-15/h5-7,10,13-14,16-17H,4,8-9,11H2,1-3H3/t13-,14+,16+,17+/m1/s1. The van der Waals surface area contributed by atoms with Gasteiger partial charge >= 0.3 is 0 Å². The molecule has 0 saturated heterocycles. The van der Waals surface area contributed by atoms with E-state index in [-0.39, 0.29) is 17.7 Å². The Morgan fingerprint density at radius 3 is 2.88 bits per heavy atom. The molecule has 0 radical (unpaired) electrons. The van der Waals surface area contributed by atoms with E-state index in [1.165, 1.54) is 5.56 Å². The van der Waals surface area contributed by atoms with Crippen molar-refractivity contribution in [2.45, 2.75) is 39.0 Å².